The van der Waals surface area contributed by atoms with Crippen molar-refractivity contribution in [3.8, 4) is 0 Å². The van der Waals surface area contributed by atoms with Crippen LogP contribution in [0.4, 0.5) is 5.69 Å². The Hall–Kier alpha value is -1.72. The number of rotatable bonds is 4. The van der Waals surface area contributed by atoms with Crippen molar-refractivity contribution >= 4 is 16.6 Å². The van der Waals surface area contributed by atoms with Gasteiger partial charge in [-0.05, 0) is 25.0 Å². The smallest absolute Gasteiger partial charge is 0.0874 e. The SMILES string of the molecule is c1cc2nccc(NCC3CN(C4CC4)CCO3)c2cn1. The standard InChI is InChI=1S/C16H20N4O/c1-2-12(1)20-7-8-21-13(11-20)9-19-16-4-6-18-15-3-5-17-10-14(15)16/h3-6,10,12-13H,1-2,7-9,11H2,(H,18,19). The van der Waals surface area contributed by atoms with Crippen molar-refractivity contribution in [2.75, 3.05) is 31.6 Å². The van der Waals surface area contributed by atoms with E-state index in [-0.39, 0.29) is 6.10 Å². The summed E-state index contributed by atoms with van der Waals surface area (Å²) in [5.74, 6) is 0. The van der Waals surface area contributed by atoms with E-state index in [0.29, 0.717) is 0 Å². The third kappa shape index (κ3) is 2.84. The van der Waals surface area contributed by atoms with Crippen LogP contribution in [0, 0.1) is 0 Å². The van der Waals surface area contributed by atoms with Crippen LogP contribution in [0.5, 0.6) is 0 Å². The summed E-state index contributed by atoms with van der Waals surface area (Å²) in [6.45, 7) is 3.81. The number of ether oxygens (including phenoxy) is 1. The molecule has 1 unspecified atom stereocenters. The largest absolute Gasteiger partial charge is 0.382 e. The Morgan fingerprint density at radius 2 is 2.24 bits per heavy atom. The summed E-state index contributed by atoms with van der Waals surface area (Å²) in [6, 6.07) is 4.76. The quantitative estimate of drug-likeness (QED) is 0.929. The van der Waals surface area contributed by atoms with Crippen LogP contribution < -0.4 is 5.32 Å². The summed E-state index contributed by atoms with van der Waals surface area (Å²) in [6.07, 6.45) is 8.46. The lowest BCUT2D eigenvalue weighted by Gasteiger charge is -2.33. The zero-order valence-electron chi connectivity index (χ0n) is 12.0. The van der Waals surface area contributed by atoms with Crippen LogP contribution in [0.25, 0.3) is 10.9 Å². The maximum absolute atomic E-state index is 5.88. The molecule has 1 N–H and O–H groups in total. The van der Waals surface area contributed by atoms with E-state index in [4.69, 9.17) is 4.74 Å². The molecule has 1 saturated carbocycles. The zero-order chi connectivity index (χ0) is 14.1. The van der Waals surface area contributed by atoms with Gasteiger partial charge in [0.25, 0.3) is 0 Å². The van der Waals surface area contributed by atoms with Crippen LogP contribution in [0.2, 0.25) is 0 Å². The molecule has 2 fully saturated rings. The highest BCUT2D eigenvalue weighted by Gasteiger charge is 2.32. The monoisotopic (exact) mass is 284 g/mol. The molecular weight excluding hydrogens is 264 g/mol. The fourth-order valence-electron chi connectivity index (χ4n) is 3.00. The van der Waals surface area contributed by atoms with Gasteiger partial charge in [0.15, 0.2) is 0 Å². The number of hydrogen-bond acceptors (Lipinski definition) is 5. The number of pyridine rings is 2. The maximum Gasteiger partial charge on any atom is 0.0874 e. The van der Waals surface area contributed by atoms with Crippen LogP contribution >= 0.6 is 0 Å². The summed E-state index contributed by atoms with van der Waals surface area (Å²) >= 11 is 0. The Morgan fingerprint density at radius 1 is 1.29 bits per heavy atom. The molecule has 0 amide bonds. The van der Waals surface area contributed by atoms with Crippen molar-refractivity contribution in [3.05, 3.63) is 30.7 Å². The fraction of sp³-hybridized carbons (Fsp3) is 0.500. The van der Waals surface area contributed by atoms with Crippen LogP contribution in [0.15, 0.2) is 30.7 Å². The highest BCUT2D eigenvalue weighted by Crippen LogP contribution is 2.28. The van der Waals surface area contributed by atoms with Crippen LogP contribution in [-0.4, -0.2) is 53.3 Å². The Balaban J connectivity index is 1.43. The molecule has 0 spiro atoms. The van der Waals surface area contributed by atoms with E-state index in [1.807, 2.05) is 24.5 Å². The summed E-state index contributed by atoms with van der Waals surface area (Å²) in [7, 11) is 0. The normalized spacial score (nSPS) is 23.3. The summed E-state index contributed by atoms with van der Waals surface area (Å²) in [4.78, 5) is 11.1. The van der Waals surface area contributed by atoms with Crippen molar-refractivity contribution in [1.29, 1.82) is 0 Å². The van der Waals surface area contributed by atoms with Crippen molar-refractivity contribution in [1.82, 2.24) is 14.9 Å². The lowest BCUT2D eigenvalue weighted by molar-refractivity contribution is -0.0241. The minimum absolute atomic E-state index is 0.263. The molecule has 5 heteroatoms. The molecule has 0 radical (unpaired) electrons. The van der Waals surface area contributed by atoms with Gasteiger partial charge in [-0.15, -0.1) is 0 Å². The number of hydrogen-bond donors (Lipinski definition) is 1. The zero-order valence-corrected chi connectivity index (χ0v) is 12.0. The highest BCUT2D eigenvalue weighted by molar-refractivity contribution is 5.90. The third-order valence-corrected chi connectivity index (χ3v) is 4.30. The molecule has 4 rings (SSSR count). The van der Waals surface area contributed by atoms with Gasteiger partial charge in [-0.25, -0.2) is 0 Å². The number of nitrogens with one attached hydrogen (secondary N) is 1. The molecule has 110 valence electrons. The molecule has 1 aliphatic carbocycles. The van der Waals surface area contributed by atoms with Gasteiger partial charge < -0.3 is 10.1 Å². The predicted octanol–water partition coefficient (Wildman–Crippen LogP) is 1.90. The van der Waals surface area contributed by atoms with Gasteiger partial charge in [0.2, 0.25) is 0 Å². The molecular formula is C16H20N4O. The lowest BCUT2D eigenvalue weighted by Crippen LogP contribution is -2.46. The van der Waals surface area contributed by atoms with Crippen molar-refractivity contribution in [2.45, 2.75) is 25.0 Å². The number of fused-ring (bicyclic) bond motifs is 1. The van der Waals surface area contributed by atoms with E-state index < -0.39 is 0 Å². The molecule has 1 saturated heterocycles. The molecule has 1 aliphatic heterocycles. The van der Waals surface area contributed by atoms with E-state index in [1.165, 1.54) is 12.8 Å². The number of nitrogens with zero attached hydrogens (tertiary/aromatic N) is 3. The van der Waals surface area contributed by atoms with E-state index >= 15 is 0 Å². The summed E-state index contributed by atoms with van der Waals surface area (Å²) in [5.41, 5.74) is 2.06. The Labute approximate surface area is 124 Å². The van der Waals surface area contributed by atoms with Gasteiger partial charge in [-0.3, -0.25) is 14.9 Å². The van der Waals surface area contributed by atoms with Gasteiger partial charge in [0.05, 0.1) is 18.2 Å². The summed E-state index contributed by atoms with van der Waals surface area (Å²) in [5, 5.41) is 4.57. The summed E-state index contributed by atoms with van der Waals surface area (Å²) < 4.78 is 5.88. The predicted molar refractivity (Wildman–Crippen MR) is 82.4 cm³/mol. The van der Waals surface area contributed by atoms with Gasteiger partial charge in [-0.2, -0.15) is 0 Å². The molecule has 2 aromatic heterocycles. The molecule has 2 aliphatic rings. The van der Waals surface area contributed by atoms with Crippen LogP contribution in [0.3, 0.4) is 0 Å². The molecule has 0 bridgehead atoms. The van der Waals surface area contributed by atoms with Gasteiger partial charge in [-0.1, -0.05) is 0 Å². The van der Waals surface area contributed by atoms with E-state index in [9.17, 15) is 0 Å². The first kappa shape index (κ1) is 13.0. The molecule has 21 heavy (non-hydrogen) atoms. The van der Waals surface area contributed by atoms with Crippen molar-refractivity contribution < 1.29 is 4.74 Å². The van der Waals surface area contributed by atoms with E-state index in [1.54, 1.807) is 6.20 Å². The number of morpholine rings is 1. The van der Waals surface area contributed by atoms with Crippen molar-refractivity contribution in [3.63, 3.8) is 0 Å². The Kier molecular flexibility index (Phi) is 3.45. The van der Waals surface area contributed by atoms with Gasteiger partial charge in [0.1, 0.15) is 0 Å². The van der Waals surface area contributed by atoms with Crippen molar-refractivity contribution in [2.24, 2.45) is 0 Å². The minimum Gasteiger partial charge on any atom is -0.382 e. The first-order chi connectivity index (χ1) is 10.4. The topological polar surface area (TPSA) is 50.3 Å². The van der Waals surface area contributed by atoms with E-state index in [2.05, 4.69) is 20.2 Å². The first-order valence-electron chi connectivity index (χ1n) is 7.68. The number of aromatic nitrogens is 2. The minimum atomic E-state index is 0.263. The maximum atomic E-state index is 5.88. The number of anilines is 1. The second kappa shape index (κ2) is 5.58. The average Bonchev–Trinajstić information content (AvgIpc) is 3.38. The third-order valence-electron chi connectivity index (χ3n) is 4.30. The first-order valence-corrected chi connectivity index (χ1v) is 7.68. The second-order valence-electron chi connectivity index (χ2n) is 5.85. The second-order valence-corrected chi connectivity index (χ2v) is 5.85. The highest BCUT2D eigenvalue weighted by atomic mass is 16.5. The Bertz CT molecular complexity index is 623. The molecule has 0 aromatic carbocycles. The molecule has 2 aromatic rings. The molecule has 3 heterocycles. The average molecular weight is 284 g/mol. The molecule has 1 atom stereocenters. The van der Waals surface area contributed by atoms with Gasteiger partial charge in [0, 0.05) is 55.3 Å². The van der Waals surface area contributed by atoms with Crippen LogP contribution in [-0.2, 0) is 4.74 Å². The molecule has 5 nitrogen and oxygen atoms in total. The van der Waals surface area contributed by atoms with Gasteiger partial charge >= 0.3 is 0 Å². The fourth-order valence-corrected chi connectivity index (χ4v) is 3.00. The van der Waals surface area contributed by atoms with Crippen LogP contribution in [0.1, 0.15) is 12.8 Å². The lowest BCUT2D eigenvalue weighted by atomic mass is 10.2. The Morgan fingerprint density at radius 3 is 3.14 bits per heavy atom. The van der Waals surface area contributed by atoms with E-state index in [0.717, 1.165) is 48.9 Å².